The van der Waals surface area contributed by atoms with Crippen molar-refractivity contribution >= 4 is 29.9 Å². The van der Waals surface area contributed by atoms with Crippen molar-refractivity contribution in [1.82, 2.24) is 30.2 Å². The van der Waals surface area contributed by atoms with E-state index in [4.69, 9.17) is 11.6 Å². The molecule has 0 spiro atoms. The van der Waals surface area contributed by atoms with Gasteiger partial charge in [-0.25, -0.2) is 0 Å². The maximum atomic E-state index is 13.3. The molecule has 2 aromatic heterocycles. The molecule has 9 heteroatoms. The largest absolute Gasteiger partial charge is 0.328 e. The Balaban J connectivity index is 0.00000240. The highest BCUT2D eigenvalue weighted by Gasteiger charge is 2.31. The molecule has 1 aromatic carbocycles. The minimum Gasteiger partial charge on any atom is -0.328 e. The van der Waals surface area contributed by atoms with Crippen molar-refractivity contribution in [2.45, 2.75) is 19.9 Å². The molecule has 3 heterocycles. The Hall–Kier alpha value is -2.35. The average Bonchev–Trinajstić information content (AvgIpc) is 3.26. The van der Waals surface area contributed by atoms with Crippen LogP contribution in [0.5, 0.6) is 0 Å². The standard InChI is InChI=1S/C20H23ClN6O.ClH/c1-12-19(13(2)26(3)25-12)16-10-17(24-23-16)20(28)27-9-8-22-11-18(27)14-6-4-5-7-15(14)21;/h4-7,10,18,22H,8-9,11H2,1-3H3,(H,23,24);1H. The third kappa shape index (κ3) is 3.90. The zero-order valence-electron chi connectivity index (χ0n) is 16.6. The van der Waals surface area contributed by atoms with Crippen LogP contribution in [0.15, 0.2) is 30.3 Å². The number of hydrogen-bond acceptors (Lipinski definition) is 4. The zero-order valence-corrected chi connectivity index (χ0v) is 18.1. The van der Waals surface area contributed by atoms with E-state index in [1.54, 1.807) is 0 Å². The second kappa shape index (κ2) is 8.57. The summed E-state index contributed by atoms with van der Waals surface area (Å²) in [7, 11) is 1.90. The molecule has 4 rings (SSSR count). The third-order valence-electron chi connectivity index (χ3n) is 5.34. The highest BCUT2D eigenvalue weighted by molar-refractivity contribution is 6.31. The molecule has 0 saturated carbocycles. The third-order valence-corrected chi connectivity index (χ3v) is 5.69. The second-order valence-corrected chi connectivity index (χ2v) is 7.48. The zero-order chi connectivity index (χ0) is 19.8. The lowest BCUT2D eigenvalue weighted by Gasteiger charge is -2.36. The van der Waals surface area contributed by atoms with Crippen LogP contribution in [-0.4, -0.2) is 50.4 Å². The second-order valence-electron chi connectivity index (χ2n) is 7.08. The maximum absolute atomic E-state index is 13.3. The van der Waals surface area contributed by atoms with Gasteiger partial charge < -0.3 is 10.2 Å². The van der Waals surface area contributed by atoms with Crippen LogP contribution in [0.25, 0.3) is 11.3 Å². The molecule has 7 nitrogen and oxygen atoms in total. The molecular formula is C20H24Cl2N6O. The number of aromatic nitrogens is 4. The lowest BCUT2D eigenvalue weighted by Crippen LogP contribution is -2.48. The summed E-state index contributed by atoms with van der Waals surface area (Å²) < 4.78 is 1.82. The first-order chi connectivity index (χ1) is 13.5. The van der Waals surface area contributed by atoms with Crippen molar-refractivity contribution in [3.8, 4) is 11.3 Å². The molecule has 2 N–H and O–H groups in total. The van der Waals surface area contributed by atoms with Gasteiger partial charge in [0, 0.05) is 43.0 Å². The van der Waals surface area contributed by atoms with Gasteiger partial charge in [-0.15, -0.1) is 12.4 Å². The Bertz CT molecular complexity index is 1030. The van der Waals surface area contributed by atoms with Crippen molar-refractivity contribution in [2.24, 2.45) is 7.05 Å². The van der Waals surface area contributed by atoms with E-state index in [1.807, 2.05) is 60.8 Å². The molecule has 3 aromatic rings. The van der Waals surface area contributed by atoms with Gasteiger partial charge in [-0.2, -0.15) is 10.2 Å². The van der Waals surface area contributed by atoms with Gasteiger partial charge in [0.1, 0.15) is 5.69 Å². The monoisotopic (exact) mass is 434 g/mol. The van der Waals surface area contributed by atoms with E-state index in [9.17, 15) is 4.79 Å². The van der Waals surface area contributed by atoms with Gasteiger partial charge in [0.05, 0.1) is 17.4 Å². The number of nitrogens with one attached hydrogen (secondary N) is 2. The van der Waals surface area contributed by atoms with E-state index < -0.39 is 0 Å². The number of piperazine rings is 1. The van der Waals surface area contributed by atoms with Gasteiger partial charge in [0.25, 0.3) is 5.91 Å². The number of aromatic amines is 1. The molecule has 0 radical (unpaired) electrons. The summed E-state index contributed by atoms with van der Waals surface area (Å²) >= 11 is 6.40. The van der Waals surface area contributed by atoms with Gasteiger partial charge in [0.2, 0.25) is 0 Å². The average molecular weight is 435 g/mol. The van der Waals surface area contributed by atoms with Gasteiger partial charge >= 0.3 is 0 Å². The summed E-state index contributed by atoms with van der Waals surface area (Å²) in [6.45, 7) is 5.96. The Morgan fingerprint density at radius 2 is 2.03 bits per heavy atom. The number of amides is 1. The summed E-state index contributed by atoms with van der Waals surface area (Å²) in [6.07, 6.45) is 0. The van der Waals surface area contributed by atoms with Gasteiger partial charge in [-0.1, -0.05) is 29.8 Å². The minimum absolute atomic E-state index is 0. The van der Waals surface area contributed by atoms with Gasteiger partial charge in [-0.05, 0) is 31.5 Å². The van der Waals surface area contributed by atoms with E-state index in [0.717, 1.165) is 34.8 Å². The van der Waals surface area contributed by atoms with Crippen LogP contribution >= 0.6 is 24.0 Å². The molecule has 1 atom stereocenters. The molecule has 1 amide bonds. The predicted octanol–water partition coefficient (Wildman–Crippen LogP) is 3.29. The lowest BCUT2D eigenvalue weighted by molar-refractivity contribution is 0.0628. The number of carbonyl (C=O) groups is 1. The number of benzene rings is 1. The number of halogens is 2. The number of carbonyl (C=O) groups excluding carboxylic acids is 1. The fraction of sp³-hybridized carbons (Fsp3) is 0.350. The Kier molecular flexibility index (Phi) is 6.31. The first-order valence-corrected chi connectivity index (χ1v) is 9.67. The van der Waals surface area contributed by atoms with E-state index in [-0.39, 0.29) is 24.4 Å². The molecule has 0 bridgehead atoms. The van der Waals surface area contributed by atoms with Crippen molar-refractivity contribution < 1.29 is 4.79 Å². The summed E-state index contributed by atoms with van der Waals surface area (Å²) in [6, 6.07) is 9.36. The quantitative estimate of drug-likeness (QED) is 0.662. The van der Waals surface area contributed by atoms with Crippen molar-refractivity contribution in [2.75, 3.05) is 19.6 Å². The van der Waals surface area contributed by atoms with Gasteiger partial charge in [-0.3, -0.25) is 14.6 Å². The highest BCUT2D eigenvalue weighted by Crippen LogP contribution is 2.30. The SMILES string of the molecule is Cc1nn(C)c(C)c1-c1cc(C(=O)N2CCNCC2c2ccccc2Cl)[nH]n1.Cl. The number of rotatable bonds is 3. The van der Waals surface area contributed by atoms with Crippen LogP contribution in [-0.2, 0) is 7.05 Å². The molecule has 1 aliphatic rings. The van der Waals surface area contributed by atoms with Crippen LogP contribution < -0.4 is 5.32 Å². The molecule has 154 valence electrons. The fourth-order valence-electron chi connectivity index (χ4n) is 3.83. The van der Waals surface area contributed by atoms with E-state index in [2.05, 4.69) is 20.6 Å². The number of aryl methyl sites for hydroxylation is 2. The molecule has 0 aliphatic carbocycles. The number of nitrogens with zero attached hydrogens (tertiary/aromatic N) is 4. The fourth-order valence-corrected chi connectivity index (χ4v) is 4.09. The molecular weight excluding hydrogens is 411 g/mol. The van der Waals surface area contributed by atoms with Crippen LogP contribution in [0.1, 0.15) is 33.5 Å². The van der Waals surface area contributed by atoms with Crippen molar-refractivity contribution in [3.63, 3.8) is 0 Å². The van der Waals surface area contributed by atoms with Crippen LogP contribution in [0.2, 0.25) is 5.02 Å². The Morgan fingerprint density at radius 3 is 2.72 bits per heavy atom. The molecule has 1 unspecified atom stereocenters. The highest BCUT2D eigenvalue weighted by atomic mass is 35.5. The minimum atomic E-state index is -0.122. The normalized spacial score (nSPS) is 16.6. The van der Waals surface area contributed by atoms with Crippen molar-refractivity contribution in [3.05, 3.63) is 58.0 Å². The smallest absolute Gasteiger partial charge is 0.272 e. The van der Waals surface area contributed by atoms with E-state index in [0.29, 0.717) is 23.8 Å². The summed E-state index contributed by atoms with van der Waals surface area (Å²) in [4.78, 5) is 15.1. The summed E-state index contributed by atoms with van der Waals surface area (Å²) in [5.41, 5.74) is 5.01. The first-order valence-electron chi connectivity index (χ1n) is 9.29. The van der Waals surface area contributed by atoms with E-state index in [1.165, 1.54) is 0 Å². The number of hydrogen-bond donors (Lipinski definition) is 2. The van der Waals surface area contributed by atoms with Crippen LogP contribution in [0.3, 0.4) is 0 Å². The maximum Gasteiger partial charge on any atom is 0.272 e. The van der Waals surface area contributed by atoms with Gasteiger partial charge in [0.15, 0.2) is 0 Å². The summed E-state index contributed by atoms with van der Waals surface area (Å²) in [5, 5.41) is 15.8. The predicted molar refractivity (Wildman–Crippen MR) is 116 cm³/mol. The first kappa shape index (κ1) is 21.4. The molecule has 29 heavy (non-hydrogen) atoms. The Labute approximate surface area is 180 Å². The van der Waals surface area contributed by atoms with Crippen LogP contribution in [0, 0.1) is 13.8 Å². The topological polar surface area (TPSA) is 78.8 Å². The molecule has 1 fully saturated rings. The summed E-state index contributed by atoms with van der Waals surface area (Å²) in [5.74, 6) is -0.0793. The molecule has 1 aliphatic heterocycles. The lowest BCUT2D eigenvalue weighted by atomic mass is 10.0. The number of H-pyrrole nitrogens is 1. The molecule has 1 saturated heterocycles. The Morgan fingerprint density at radius 1 is 1.28 bits per heavy atom. The van der Waals surface area contributed by atoms with Crippen molar-refractivity contribution in [1.29, 1.82) is 0 Å². The van der Waals surface area contributed by atoms with Crippen LogP contribution in [0.4, 0.5) is 0 Å². The van der Waals surface area contributed by atoms with E-state index >= 15 is 0 Å².